The maximum absolute atomic E-state index is 13.0. The van der Waals surface area contributed by atoms with Gasteiger partial charge in [-0.2, -0.15) is 18.2 Å². The molecule has 1 aliphatic rings. The summed E-state index contributed by atoms with van der Waals surface area (Å²) in [5.41, 5.74) is 1.72. The van der Waals surface area contributed by atoms with Crippen LogP contribution in [0.3, 0.4) is 0 Å². The summed E-state index contributed by atoms with van der Waals surface area (Å²) in [6, 6.07) is 6.57. The van der Waals surface area contributed by atoms with E-state index in [9.17, 15) is 22.8 Å². The van der Waals surface area contributed by atoms with Crippen LogP contribution in [0.25, 0.3) is 5.78 Å². The highest BCUT2D eigenvalue weighted by atomic mass is 19.4. The molecule has 2 amide bonds. The molecule has 1 unspecified atom stereocenters. The first-order valence-corrected chi connectivity index (χ1v) is 10.7. The highest BCUT2D eigenvalue weighted by Gasteiger charge is 2.37. The molecule has 3 aromatic rings. The van der Waals surface area contributed by atoms with Gasteiger partial charge in [0.1, 0.15) is 0 Å². The van der Waals surface area contributed by atoms with E-state index in [0.29, 0.717) is 41.4 Å². The van der Waals surface area contributed by atoms with Crippen molar-refractivity contribution in [2.75, 3.05) is 18.5 Å². The van der Waals surface area contributed by atoms with Crippen LogP contribution < -0.4 is 10.6 Å². The lowest BCUT2D eigenvalue weighted by Crippen LogP contribution is -2.32. The number of amides is 2. The second-order valence-corrected chi connectivity index (χ2v) is 8.02. The van der Waals surface area contributed by atoms with Crippen LogP contribution in [-0.2, 0) is 22.1 Å². The van der Waals surface area contributed by atoms with Crippen LogP contribution in [0.1, 0.15) is 46.0 Å². The van der Waals surface area contributed by atoms with Crippen molar-refractivity contribution in [1.29, 1.82) is 0 Å². The molecule has 9 nitrogen and oxygen atoms in total. The first kappa shape index (κ1) is 23.6. The molecule has 0 spiro atoms. The lowest BCUT2D eigenvalue weighted by Gasteiger charge is -2.14. The molecule has 180 valence electrons. The van der Waals surface area contributed by atoms with E-state index < -0.39 is 17.9 Å². The van der Waals surface area contributed by atoms with E-state index >= 15 is 0 Å². The van der Waals surface area contributed by atoms with E-state index in [1.165, 1.54) is 0 Å². The fourth-order valence-corrected chi connectivity index (χ4v) is 3.84. The summed E-state index contributed by atoms with van der Waals surface area (Å²) in [7, 11) is 0. The van der Waals surface area contributed by atoms with Crippen LogP contribution in [-0.4, -0.2) is 50.7 Å². The minimum atomic E-state index is -4.71. The number of nitrogens with one attached hydrogen (secondary N) is 2. The molecule has 3 heterocycles. The summed E-state index contributed by atoms with van der Waals surface area (Å²) in [6.07, 6.45) is -3.06. The zero-order valence-electron chi connectivity index (χ0n) is 18.6. The molecule has 0 bridgehead atoms. The number of hydrogen-bond acceptors (Lipinski definition) is 6. The number of anilines is 1. The maximum atomic E-state index is 13.0. The van der Waals surface area contributed by atoms with Crippen LogP contribution in [0.2, 0.25) is 0 Å². The molecular weight excluding hydrogens is 453 g/mol. The SMILES string of the molecule is Cc1nc2nc(C(F)(F)F)nn2c(C)c1CC(=O)Nc1ccccc1C(=O)NCC1CCCO1. The van der Waals surface area contributed by atoms with Crippen LogP contribution in [0.5, 0.6) is 0 Å². The van der Waals surface area contributed by atoms with Gasteiger partial charge in [0.15, 0.2) is 0 Å². The Balaban J connectivity index is 1.50. The number of rotatable bonds is 6. The molecule has 0 saturated carbocycles. The van der Waals surface area contributed by atoms with Gasteiger partial charge in [0, 0.05) is 30.1 Å². The Bertz CT molecular complexity index is 1230. The Morgan fingerprint density at radius 1 is 1.21 bits per heavy atom. The maximum Gasteiger partial charge on any atom is 0.453 e. The minimum absolute atomic E-state index is 0.0197. The summed E-state index contributed by atoms with van der Waals surface area (Å²) in [5.74, 6) is -2.29. The highest BCUT2D eigenvalue weighted by molar-refractivity contribution is 6.04. The number of nitrogens with zero attached hydrogens (tertiary/aromatic N) is 4. The van der Waals surface area contributed by atoms with E-state index in [1.54, 1.807) is 38.1 Å². The van der Waals surface area contributed by atoms with Gasteiger partial charge in [0.25, 0.3) is 17.5 Å². The predicted octanol–water partition coefficient (Wildman–Crippen LogP) is 2.85. The van der Waals surface area contributed by atoms with Gasteiger partial charge in [-0.1, -0.05) is 12.1 Å². The van der Waals surface area contributed by atoms with Crippen molar-refractivity contribution in [3.8, 4) is 0 Å². The van der Waals surface area contributed by atoms with Crippen molar-refractivity contribution < 1.29 is 27.5 Å². The third kappa shape index (κ3) is 5.01. The molecule has 1 aliphatic heterocycles. The molecule has 12 heteroatoms. The summed E-state index contributed by atoms with van der Waals surface area (Å²) in [6.45, 7) is 4.19. The average molecular weight is 476 g/mol. The first-order chi connectivity index (χ1) is 16.1. The van der Waals surface area contributed by atoms with Crippen LogP contribution >= 0.6 is 0 Å². The molecule has 1 aromatic carbocycles. The van der Waals surface area contributed by atoms with Crippen LogP contribution in [0.4, 0.5) is 18.9 Å². The van der Waals surface area contributed by atoms with Crippen LogP contribution in [0, 0.1) is 13.8 Å². The number of aromatic nitrogens is 4. The van der Waals surface area contributed by atoms with Gasteiger partial charge in [-0.25, -0.2) is 9.50 Å². The number of halogens is 3. The van der Waals surface area contributed by atoms with E-state index in [-0.39, 0.29) is 24.2 Å². The van der Waals surface area contributed by atoms with Crippen molar-refractivity contribution in [2.24, 2.45) is 0 Å². The van der Waals surface area contributed by atoms with Crippen molar-refractivity contribution in [1.82, 2.24) is 24.9 Å². The van der Waals surface area contributed by atoms with Gasteiger partial charge < -0.3 is 15.4 Å². The zero-order valence-corrected chi connectivity index (χ0v) is 18.6. The quantitative estimate of drug-likeness (QED) is 0.566. The molecule has 1 saturated heterocycles. The molecule has 34 heavy (non-hydrogen) atoms. The monoisotopic (exact) mass is 476 g/mol. The molecule has 0 radical (unpaired) electrons. The van der Waals surface area contributed by atoms with Crippen molar-refractivity contribution in [3.63, 3.8) is 0 Å². The van der Waals surface area contributed by atoms with E-state index in [0.717, 1.165) is 17.4 Å². The second kappa shape index (κ2) is 9.37. The number of para-hydroxylation sites is 1. The molecule has 0 aliphatic carbocycles. The van der Waals surface area contributed by atoms with Crippen LogP contribution in [0.15, 0.2) is 24.3 Å². The molecule has 2 aromatic heterocycles. The van der Waals surface area contributed by atoms with E-state index in [1.807, 2.05) is 0 Å². The predicted molar refractivity (Wildman–Crippen MR) is 115 cm³/mol. The third-order valence-corrected chi connectivity index (χ3v) is 5.60. The summed E-state index contributed by atoms with van der Waals surface area (Å²) < 4.78 is 45.4. The molecule has 1 atom stereocenters. The number of aryl methyl sites for hydroxylation is 2. The van der Waals surface area contributed by atoms with Crippen molar-refractivity contribution in [2.45, 2.75) is 45.4 Å². The first-order valence-electron chi connectivity index (χ1n) is 10.7. The second-order valence-electron chi connectivity index (χ2n) is 8.02. The van der Waals surface area contributed by atoms with Gasteiger partial charge in [-0.3, -0.25) is 9.59 Å². The van der Waals surface area contributed by atoms with Crippen molar-refractivity contribution >= 4 is 23.3 Å². The summed E-state index contributed by atoms with van der Waals surface area (Å²) in [4.78, 5) is 33.0. The molecule has 2 N–H and O–H groups in total. The number of fused-ring (bicyclic) bond motifs is 1. The van der Waals surface area contributed by atoms with Gasteiger partial charge in [0.05, 0.1) is 23.8 Å². The zero-order chi connectivity index (χ0) is 24.5. The number of carbonyl (C=O) groups excluding carboxylic acids is 2. The summed E-state index contributed by atoms with van der Waals surface area (Å²) in [5, 5.41) is 9.03. The molecule has 4 rings (SSSR count). The normalized spacial score (nSPS) is 16.1. The van der Waals surface area contributed by atoms with Gasteiger partial charge in [-0.05, 0) is 38.8 Å². The fourth-order valence-electron chi connectivity index (χ4n) is 3.84. The Morgan fingerprint density at radius 2 is 1.97 bits per heavy atom. The topological polar surface area (TPSA) is 111 Å². The fraction of sp³-hybridized carbons (Fsp3) is 0.409. The van der Waals surface area contributed by atoms with Crippen molar-refractivity contribution in [3.05, 3.63) is 52.6 Å². The molecular formula is C22H23F3N6O3. The number of carbonyl (C=O) groups is 2. The third-order valence-electron chi connectivity index (χ3n) is 5.60. The largest absolute Gasteiger partial charge is 0.453 e. The lowest BCUT2D eigenvalue weighted by atomic mass is 10.1. The van der Waals surface area contributed by atoms with E-state index in [4.69, 9.17) is 4.74 Å². The van der Waals surface area contributed by atoms with Gasteiger partial charge in [-0.15, -0.1) is 5.10 Å². The summed E-state index contributed by atoms with van der Waals surface area (Å²) >= 11 is 0. The highest BCUT2D eigenvalue weighted by Crippen LogP contribution is 2.27. The Morgan fingerprint density at radius 3 is 2.68 bits per heavy atom. The number of hydrogen-bond donors (Lipinski definition) is 2. The minimum Gasteiger partial charge on any atom is -0.376 e. The smallest absolute Gasteiger partial charge is 0.376 e. The Labute approximate surface area is 192 Å². The lowest BCUT2D eigenvalue weighted by molar-refractivity contribution is -0.144. The molecule has 1 fully saturated rings. The number of alkyl halides is 3. The van der Waals surface area contributed by atoms with E-state index in [2.05, 4.69) is 25.7 Å². The van der Waals surface area contributed by atoms with Gasteiger partial charge in [0.2, 0.25) is 5.91 Å². The standard InChI is InChI=1S/C22H23F3N6O3/c1-12-16(13(2)31-21(27-12)29-20(30-31)22(23,24)25)10-18(32)28-17-8-4-3-7-15(17)19(33)26-11-14-6-5-9-34-14/h3-4,7-8,14H,5-6,9-11H2,1-2H3,(H,26,33)(H,28,32). The number of ether oxygens (including phenoxy) is 1. The average Bonchev–Trinajstić information content (AvgIpc) is 3.45. The number of benzene rings is 1. The Kier molecular flexibility index (Phi) is 6.51. The van der Waals surface area contributed by atoms with Gasteiger partial charge >= 0.3 is 6.18 Å². The Hall–Kier alpha value is -3.54.